The first-order valence-corrected chi connectivity index (χ1v) is 24.8. The summed E-state index contributed by atoms with van der Waals surface area (Å²) in [5.41, 5.74) is 0. The van der Waals surface area contributed by atoms with Crippen molar-refractivity contribution in [3.63, 3.8) is 0 Å². The van der Waals surface area contributed by atoms with E-state index in [0.29, 0.717) is 19.8 Å². The first-order valence-electron chi connectivity index (χ1n) is 24.8. The van der Waals surface area contributed by atoms with Gasteiger partial charge >= 0.3 is 6.09 Å². The van der Waals surface area contributed by atoms with Gasteiger partial charge in [-0.2, -0.15) is 0 Å². The van der Waals surface area contributed by atoms with E-state index in [1.54, 1.807) is 0 Å². The van der Waals surface area contributed by atoms with Crippen LogP contribution < -0.4 is 5.32 Å². The molecule has 332 valence electrons. The molecule has 0 spiro atoms. The maximum Gasteiger partial charge on any atom is 0.407 e. The van der Waals surface area contributed by atoms with Crippen LogP contribution in [0.1, 0.15) is 233 Å². The van der Waals surface area contributed by atoms with Gasteiger partial charge in [0.25, 0.3) is 0 Å². The lowest BCUT2D eigenvalue weighted by atomic mass is 10.1. The van der Waals surface area contributed by atoms with Crippen molar-refractivity contribution in [2.75, 3.05) is 52.7 Å². The molecule has 1 amide bonds. The van der Waals surface area contributed by atoms with Gasteiger partial charge in [-0.25, -0.2) is 4.79 Å². The molecular weight excluding hydrogens is 693 g/mol. The predicted octanol–water partition coefficient (Wildman–Crippen LogP) is 15.1. The van der Waals surface area contributed by atoms with Gasteiger partial charge in [0.2, 0.25) is 0 Å². The topological polar surface area (TPSA) is 60.0 Å². The molecule has 0 aliphatic heterocycles. The van der Waals surface area contributed by atoms with Crippen molar-refractivity contribution in [3.05, 3.63) is 24.3 Å². The number of nitrogens with zero attached hydrogens (tertiary/aromatic N) is 1. The van der Waals surface area contributed by atoms with Crippen LogP contribution in [0.3, 0.4) is 0 Å². The highest BCUT2D eigenvalue weighted by molar-refractivity contribution is 5.67. The Bertz CT molecular complexity index is 765. The minimum absolute atomic E-state index is 0.193. The molecule has 0 aromatic heterocycles. The van der Waals surface area contributed by atoms with E-state index in [0.717, 1.165) is 45.7 Å². The van der Waals surface area contributed by atoms with Crippen molar-refractivity contribution in [2.24, 2.45) is 0 Å². The molecular formula is C50H98N2O4. The average Bonchev–Trinajstić information content (AvgIpc) is 3.20. The van der Waals surface area contributed by atoms with Crippen molar-refractivity contribution in [1.82, 2.24) is 10.2 Å². The van der Waals surface area contributed by atoms with Gasteiger partial charge in [0.15, 0.2) is 0 Å². The number of hydrogen-bond donors (Lipinski definition) is 1. The Hall–Kier alpha value is -1.37. The fraction of sp³-hybridized carbons (Fsp3) is 0.900. The van der Waals surface area contributed by atoms with Crippen LogP contribution in [0, 0.1) is 0 Å². The number of alkyl carbamates (subject to hydrolysis) is 1. The van der Waals surface area contributed by atoms with Gasteiger partial charge < -0.3 is 19.5 Å². The molecule has 6 heteroatoms. The fourth-order valence-corrected chi connectivity index (χ4v) is 7.06. The molecule has 0 atom stereocenters. The summed E-state index contributed by atoms with van der Waals surface area (Å²) < 4.78 is 17.8. The molecule has 0 fully saturated rings. The predicted molar refractivity (Wildman–Crippen MR) is 245 cm³/mol. The zero-order valence-corrected chi connectivity index (χ0v) is 38.3. The largest absolute Gasteiger partial charge is 0.448 e. The summed E-state index contributed by atoms with van der Waals surface area (Å²) in [7, 11) is 0. The summed E-state index contributed by atoms with van der Waals surface area (Å²) in [4.78, 5) is 15.2. The van der Waals surface area contributed by atoms with Gasteiger partial charge in [0, 0.05) is 19.8 Å². The Kier molecular flexibility index (Phi) is 46.8. The molecule has 0 rings (SSSR count). The monoisotopic (exact) mass is 791 g/mol. The maximum absolute atomic E-state index is 12.8. The van der Waals surface area contributed by atoms with E-state index in [1.165, 1.54) is 193 Å². The van der Waals surface area contributed by atoms with Crippen molar-refractivity contribution in [1.29, 1.82) is 0 Å². The van der Waals surface area contributed by atoms with Crippen LogP contribution in [0.15, 0.2) is 24.3 Å². The number of allylic oxidation sites excluding steroid dienone is 4. The smallest absolute Gasteiger partial charge is 0.407 e. The Morgan fingerprint density at radius 2 is 0.768 bits per heavy atom. The van der Waals surface area contributed by atoms with Crippen LogP contribution in [0.4, 0.5) is 4.79 Å². The molecule has 0 aromatic carbocycles. The zero-order chi connectivity index (χ0) is 40.7. The van der Waals surface area contributed by atoms with E-state index in [-0.39, 0.29) is 12.1 Å². The van der Waals surface area contributed by atoms with Gasteiger partial charge in [0.05, 0.1) is 19.3 Å². The van der Waals surface area contributed by atoms with Crippen LogP contribution in [0.5, 0.6) is 0 Å². The molecule has 0 bridgehead atoms. The van der Waals surface area contributed by atoms with Crippen molar-refractivity contribution >= 4 is 6.09 Å². The highest BCUT2D eigenvalue weighted by Crippen LogP contribution is 2.12. The van der Waals surface area contributed by atoms with E-state index in [2.05, 4.69) is 62.2 Å². The normalized spacial score (nSPS) is 12.0. The number of carbonyl (C=O) groups excluding carboxylic acids is 1. The summed E-state index contributed by atoms with van der Waals surface area (Å²) in [6.45, 7) is 14.7. The molecule has 6 nitrogen and oxygen atoms in total. The molecule has 0 aliphatic rings. The van der Waals surface area contributed by atoms with E-state index in [9.17, 15) is 4.79 Å². The molecule has 0 saturated carbocycles. The van der Waals surface area contributed by atoms with Crippen LogP contribution >= 0.6 is 0 Å². The molecule has 0 saturated heterocycles. The zero-order valence-electron chi connectivity index (χ0n) is 38.3. The fourth-order valence-electron chi connectivity index (χ4n) is 7.06. The number of nitrogens with one attached hydrogen (secondary N) is 1. The Labute approximate surface area is 350 Å². The molecule has 1 N–H and O–H groups in total. The van der Waals surface area contributed by atoms with Crippen molar-refractivity contribution in [2.45, 2.75) is 239 Å². The van der Waals surface area contributed by atoms with Gasteiger partial charge in [-0.1, -0.05) is 180 Å². The number of amides is 1. The van der Waals surface area contributed by atoms with Crippen LogP contribution in [0.25, 0.3) is 0 Å². The Balaban J connectivity index is 4.23. The second-order valence-corrected chi connectivity index (χ2v) is 16.6. The molecule has 0 unspecified atom stereocenters. The molecule has 0 radical (unpaired) electrons. The van der Waals surface area contributed by atoms with E-state index >= 15 is 0 Å². The van der Waals surface area contributed by atoms with E-state index in [4.69, 9.17) is 14.2 Å². The number of carbonyl (C=O) groups is 1. The minimum atomic E-state index is -0.359. The SMILES string of the molecule is CCCCCCCC/C=C\CCCCCCCCOCC(COCCCCCCCC/C=C\CCCCCCCC)NC(=O)OCCN(CCCC)CCCC. The summed E-state index contributed by atoms with van der Waals surface area (Å²) in [5, 5.41) is 3.05. The second kappa shape index (κ2) is 48.0. The first kappa shape index (κ1) is 54.6. The minimum Gasteiger partial charge on any atom is -0.448 e. The van der Waals surface area contributed by atoms with Gasteiger partial charge in [0.1, 0.15) is 6.61 Å². The summed E-state index contributed by atoms with van der Waals surface area (Å²) in [6, 6.07) is -0.193. The summed E-state index contributed by atoms with van der Waals surface area (Å²) in [6.07, 6.45) is 50.4. The van der Waals surface area contributed by atoms with E-state index < -0.39 is 0 Å². The Morgan fingerprint density at radius 3 is 1.14 bits per heavy atom. The van der Waals surface area contributed by atoms with Crippen molar-refractivity contribution in [3.8, 4) is 0 Å². The second-order valence-electron chi connectivity index (χ2n) is 16.6. The number of rotatable bonds is 46. The standard InChI is InChI=1S/C50H98N2O4/c1-5-9-13-15-17-19-21-23-25-27-29-31-33-35-37-39-44-54-47-49(51-50(53)56-46-43-52(41-11-7-3)42-12-8-4)48-55-45-40-38-36-34-32-30-28-26-24-22-20-18-16-14-10-6-2/h23-26,49H,5-22,27-48H2,1-4H3,(H,51,53)/b25-23-,26-24-. The number of hydrogen-bond acceptors (Lipinski definition) is 5. The molecule has 56 heavy (non-hydrogen) atoms. The quantitative estimate of drug-likeness (QED) is 0.0491. The highest BCUT2D eigenvalue weighted by Gasteiger charge is 2.15. The van der Waals surface area contributed by atoms with Crippen LogP contribution in [-0.4, -0.2) is 69.7 Å². The van der Waals surface area contributed by atoms with Crippen LogP contribution in [0.2, 0.25) is 0 Å². The average molecular weight is 791 g/mol. The molecule has 0 aromatic rings. The lowest BCUT2D eigenvalue weighted by molar-refractivity contribution is 0.0482. The van der Waals surface area contributed by atoms with E-state index in [1.807, 2.05) is 0 Å². The number of ether oxygens (including phenoxy) is 3. The third kappa shape index (κ3) is 43.7. The first-order chi connectivity index (χ1) is 27.7. The third-order valence-electron chi connectivity index (χ3n) is 10.9. The maximum atomic E-state index is 12.8. The van der Waals surface area contributed by atoms with Crippen molar-refractivity contribution < 1.29 is 19.0 Å². The molecule has 0 heterocycles. The van der Waals surface area contributed by atoms with Gasteiger partial charge in [-0.15, -0.1) is 0 Å². The Morgan fingerprint density at radius 1 is 0.429 bits per heavy atom. The van der Waals surface area contributed by atoms with Gasteiger partial charge in [-0.3, -0.25) is 4.90 Å². The summed E-state index contributed by atoms with van der Waals surface area (Å²) in [5.74, 6) is 0. The summed E-state index contributed by atoms with van der Waals surface area (Å²) >= 11 is 0. The van der Waals surface area contributed by atoms with Crippen LogP contribution in [-0.2, 0) is 14.2 Å². The lowest BCUT2D eigenvalue weighted by Gasteiger charge is -2.22. The highest BCUT2D eigenvalue weighted by atomic mass is 16.6. The van der Waals surface area contributed by atoms with Gasteiger partial charge in [-0.05, 0) is 90.1 Å². The lowest BCUT2D eigenvalue weighted by Crippen LogP contribution is -2.42. The third-order valence-corrected chi connectivity index (χ3v) is 10.9. The molecule has 0 aliphatic carbocycles. The number of unbranched alkanes of at least 4 members (excludes halogenated alkanes) is 26.